The fourth-order valence-corrected chi connectivity index (χ4v) is 4.98. The summed E-state index contributed by atoms with van der Waals surface area (Å²) in [4.78, 5) is 0. The Labute approximate surface area is 218 Å². The lowest BCUT2D eigenvalue weighted by atomic mass is 9.94. The quantitative estimate of drug-likeness (QED) is 0.188. The fraction of sp³-hybridized carbons (Fsp3) is 0.625. The molecule has 0 aliphatic carbocycles. The van der Waals surface area contributed by atoms with Crippen molar-refractivity contribution in [2.75, 3.05) is 0 Å². The summed E-state index contributed by atoms with van der Waals surface area (Å²) in [5, 5.41) is 20.9. The average Bonchev–Trinajstić information content (AvgIpc) is 2.86. The van der Waals surface area contributed by atoms with Crippen LogP contribution in [0.2, 0.25) is 0 Å². The molecule has 0 aromatic heterocycles. The van der Waals surface area contributed by atoms with Gasteiger partial charge in [0.05, 0.1) is 11.1 Å². The highest BCUT2D eigenvalue weighted by atomic mass is 19.1. The topological polar surface area (TPSA) is 40.5 Å². The molecule has 202 valence electrons. The van der Waals surface area contributed by atoms with Crippen molar-refractivity contribution in [3.63, 3.8) is 0 Å². The van der Waals surface area contributed by atoms with Gasteiger partial charge in [-0.15, -0.1) is 0 Å². The SMILES string of the molecule is CCCCCCCCCCc1ccc(O)c(-c2c(O)ccc(CCCCCCCCCC)c2F)c1F. The van der Waals surface area contributed by atoms with E-state index in [4.69, 9.17) is 0 Å². The van der Waals surface area contributed by atoms with Crippen molar-refractivity contribution in [1.82, 2.24) is 0 Å². The van der Waals surface area contributed by atoms with Gasteiger partial charge in [0.15, 0.2) is 0 Å². The van der Waals surface area contributed by atoms with Crippen LogP contribution < -0.4 is 0 Å². The van der Waals surface area contributed by atoms with Crippen molar-refractivity contribution in [3.8, 4) is 22.6 Å². The minimum Gasteiger partial charge on any atom is -0.507 e. The molecule has 0 bridgehead atoms. The molecule has 0 aliphatic rings. The van der Waals surface area contributed by atoms with E-state index in [0.717, 1.165) is 38.5 Å². The van der Waals surface area contributed by atoms with Crippen LogP contribution in [0.15, 0.2) is 24.3 Å². The molecule has 2 aromatic carbocycles. The van der Waals surface area contributed by atoms with Crippen LogP contribution >= 0.6 is 0 Å². The Morgan fingerprint density at radius 1 is 0.472 bits per heavy atom. The molecule has 36 heavy (non-hydrogen) atoms. The molecule has 2 N–H and O–H groups in total. The predicted molar refractivity (Wildman–Crippen MR) is 148 cm³/mol. The van der Waals surface area contributed by atoms with Gasteiger partial charge in [-0.05, 0) is 48.9 Å². The largest absolute Gasteiger partial charge is 0.507 e. The highest BCUT2D eigenvalue weighted by Crippen LogP contribution is 2.41. The zero-order valence-electron chi connectivity index (χ0n) is 22.7. The van der Waals surface area contributed by atoms with Crippen molar-refractivity contribution < 1.29 is 19.0 Å². The number of halogens is 2. The summed E-state index contributed by atoms with van der Waals surface area (Å²) in [6.45, 7) is 4.42. The minimum absolute atomic E-state index is 0.222. The normalized spacial score (nSPS) is 11.3. The number of phenolic OH excluding ortho intramolecular Hbond substituents is 2. The molecule has 0 fully saturated rings. The van der Waals surface area contributed by atoms with Gasteiger partial charge in [-0.3, -0.25) is 0 Å². The number of hydrogen-bond acceptors (Lipinski definition) is 2. The summed E-state index contributed by atoms with van der Waals surface area (Å²) in [5.41, 5.74) is 0.474. The van der Waals surface area contributed by atoms with Gasteiger partial charge in [-0.1, -0.05) is 116 Å². The number of phenols is 2. The third-order valence-corrected chi connectivity index (χ3v) is 7.25. The zero-order valence-corrected chi connectivity index (χ0v) is 22.7. The second-order valence-corrected chi connectivity index (χ2v) is 10.3. The molecule has 2 nitrogen and oxygen atoms in total. The summed E-state index contributed by atoms with van der Waals surface area (Å²) in [6, 6.07) is 5.99. The number of aromatic hydroxyl groups is 2. The van der Waals surface area contributed by atoms with Crippen molar-refractivity contribution in [2.45, 2.75) is 129 Å². The third kappa shape index (κ3) is 9.75. The molecule has 0 atom stereocenters. The minimum atomic E-state index is -0.628. The van der Waals surface area contributed by atoms with E-state index in [9.17, 15) is 10.2 Å². The number of hydrogen-bond donors (Lipinski definition) is 2. The van der Waals surface area contributed by atoms with E-state index in [0.29, 0.717) is 24.0 Å². The van der Waals surface area contributed by atoms with Crippen molar-refractivity contribution in [1.29, 1.82) is 0 Å². The van der Waals surface area contributed by atoms with Crippen LogP contribution in [0.4, 0.5) is 8.78 Å². The van der Waals surface area contributed by atoms with E-state index in [1.165, 1.54) is 76.3 Å². The molecule has 4 heteroatoms. The molecule has 0 heterocycles. The first-order valence-corrected chi connectivity index (χ1v) is 14.5. The summed E-state index contributed by atoms with van der Waals surface area (Å²) in [7, 11) is 0. The van der Waals surface area contributed by atoms with Gasteiger partial charge >= 0.3 is 0 Å². The zero-order chi connectivity index (χ0) is 26.2. The maximum absolute atomic E-state index is 15.5. The lowest BCUT2D eigenvalue weighted by Crippen LogP contribution is -2.00. The first-order chi connectivity index (χ1) is 17.5. The van der Waals surface area contributed by atoms with E-state index < -0.39 is 11.6 Å². The van der Waals surface area contributed by atoms with E-state index in [2.05, 4.69) is 13.8 Å². The van der Waals surface area contributed by atoms with Gasteiger partial charge in [0.2, 0.25) is 0 Å². The van der Waals surface area contributed by atoms with Crippen LogP contribution in [-0.4, -0.2) is 10.2 Å². The Morgan fingerprint density at radius 3 is 1.11 bits per heavy atom. The van der Waals surface area contributed by atoms with E-state index in [1.807, 2.05) is 0 Å². The van der Waals surface area contributed by atoms with Crippen molar-refractivity contribution >= 4 is 0 Å². The highest BCUT2D eigenvalue weighted by molar-refractivity contribution is 5.77. The molecule has 0 aliphatic heterocycles. The Morgan fingerprint density at radius 2 is 0.778 bits per heavy atom. The number of aryl methyl sites for hydroxylation is 2. The lowest BCUT2D eigenvalue weighted by Gasteiger charge is -2.15. The van der Waals surface area contributed by atoms with Gasteiger partial charge in [-0.25, -0.2) is 8.78 Å². The molecule has 0 amide bonds. The Hall–Kier alpha value is -2.10. The van der Waals surface area contributed by atoms with Crippen LogP contribution in [0, 0.1) is 11.6 Å². The molecule has 0 radical (unpaired) electrons. The Bertz CT molecular complexity index is 821. The molecule has 2 aromatic rings. The molecule has 0 saturated heterocycles. The number of benzene rings is 2. The monoisotopic (exact) mass is 502 g/mol. The molecule has 0 saturated carbocycles. The molecule has 0 unspecified atom stereocenters. The van der Waals surface area contributed by atoms with Gasteiger partial charge < -0.3 is 10.2 Å². The molecule has 0 spiro atoms. The smallest absolute Gasteiger partial charge is 0.138 e. The first-order valence-electron chi connectivity index (χ1n) is 14.5. The summed E-state index contributed by atoms with van der Waals surface area (Å²) in [6.07, 6.45) is 19.6. The summed E-state index contributed by atoms with van der Waals surface area (Å²) >= 11 is 0. The Balaban J connectivity index is 2.00. The van der Waals surface area contributed by atoms with Gasteiger partial charge in [0.25, 0.3) is 0 Å². The van der Waals surface area contributed by atoms with Crippen LogP contribution in [0.25, 0.3) is 11.1 Å². The van der Waals surface area contributed by atoms with Crippen LogP contribution in [0.5, 0.6) is 11.5 Å². The second-order valence-electron chi connectivity index (χ2n) is 10.3. The molecule has 2 rings (SSSR count). The fourth-order valence-electron chi connectivity index (χ4n) is 4.98. The number of rotatable bonds is 19. The Kier molecular flexibility index (Phi) is 14.5. The maximum atomic E-state index is 15.5. The van der Waals surface area contributed by atoms with E-state index >= 15 is 8.78 Å². The van der Waals surface area contributed by atoms with E-state index in [1.54, 1.807) is 12.1 Å². The van der Waals surface area contributed by atoms with Gasteiger partial charge in [-0.2, -0.15) is 0 Å². The lowest BCUT2D eigenvalue weighted by molar-refractivity contribution is 0.458. The molecular weight excluding hydrogens is 454 g/mol. The second kappa shape index (κ2) is 17.4. The number of unbranched alkanes of at least 4 members (excludes halogenated alkanes) is 14. The molecular formula is C32H48F2O2. The first kappa shape index (κ1) is 30.1. The van der Waals surface area contributed by atoms with E-state index in [-0.39, 0.29) is 22.6 Å². The van der Waals surface area contributed by atoms with Crippen LogP contribution in [0.1, 0.15) is 128 Å². The standard InChI is InChI=1S/C32H48F2O2/c1-3-5-7-9-11-13-15-17-19-25-21-23-27(35)29(31(25)33)30-28(36)24-22-26(32(30)34)20-18-16-14-12-10-8-6-4-2/h21-24,35-36H,3-20H2,1-2H3. The highest BCUT2D eigenvalue weighted by Gasteiger charge is 2.23. The van der Waals surface area contributed by atoms with Crippen LogP contribution in [-0.2, 0) is 12.8 Å². The summed E-state index contributed by atoms with van der Waals surface area (Å²) < 4.78 is 30.9. The summed E-state index contributed by atoms with van der Waals surface area (Å²) in [5.74, 6) is -1.94. The predicted octanol–water partition coefficient (Wildman–Crippen LogP) is 10.4. The average molecular weight is 503 g/mol. The van der Waals surface area contributed by atoms with Gasteiger partial charge in [0.1, 0.15) is 23.1 Å². The van der Waals surface area contributed by atoms with Crippen molar-refractivity contribution in [2.24, 2.45) is 0 Å². The van der Waals surface area contributed by atoms with Crippen LogP contribution in [0.3, 0.4) is 0 Å². The van der Waals surface area contributed by atoms with Crippen molar-refractivity contribution in [3.05, 3.63) is 47.0 Å². The third-order valence-electron chi connectivity index (χ3n) is 7.25. The maximum Gasteiger partial charge on any atom is 0.138 e. The van der Waals surface area contributed by atoms with Gasteiger partial charge in [0, 0.05) is 0 Å².